The first kappa shape index (κ1) is 20.1. The van der Waals surface area contributed by atoms with Crippen molar-refractivity contribution in [2.45, 2.75) is 25.9 Å². The second-order valence-corrected chi connectivity index (χ2v) is 6.84. The number of amides is 2. The molecule has 2 amide bonds. The molecule has 0 atom stereocenters. The highest BCUT2D eigenvalue weighted by Gasteiger charge is 2.22. The number of rotatable bonds is 5. The Bertz CT molecular complexity index is 870. The van der Waals surface area contributed by atoms with E-state index < -0.39 is 12.5 Å². The second-order valence-electron chi connectivity index (χ2n) is 6.40. The number of halogens is 3. The zero-order chi connectivity index (χ0) is 20.1. The molecule has 1 fully saturated rings. The molecule has 0 aromatic heterocycles. The molecule has 0 spiro atoms. The molecular formula is C20H19ClF2N2O3. The number of benzene rings is 2. The second kappa shape index (κ2) is 9.01. The Kier molecular flexibility index (Phi) is 6.46. The fourth-order valence-corrected chi connectivity index (χ4v) is 3.25. The van der Waals surface area contributed by atoms with Crippen LogP contribution in [-0.2, 0) is 0 Å². The Balaban J connectivity index is 1.82. The third-order valence-electron chi connectivity index (χ3n) is 4.42. The van der Waals surface area contributed by atoms with Crippen molar-refractivity contribution in [3.63, 3.8) is 0 Å². The van der Waals surface area contributed by atoms with Gasteiger partial charge in [0.15, 0.2) is 0 Å². The Hall–Kier alpha value is -2.67. The summed E-state index contributed by atoms with van der Waals surface area (Å²) in [6.45, 7) is -1.65. The number of nitrogens with one attached hydrogen (secondary N) is 1. The Labute approximate surface area is 166 Å². The van der Waals surface area contributed by atoms with Crippen LogP contribution >= 0.6 is 11.6 Å². The molecule has 0 unspecified atom stereocenters. The molecule has 1 aliphatic rings. The summed E-state index contributed by atoms with van der Waals surface area (Å²) in [5.74, 6) is -0.866. The van der Waals surface area contributed by atoms with E-state index in [-0.39, 0.29) is 22.9 Å². The van der Waals surface area contributed by atoms with Crippen molar-refractivity contribution >= 4 is 29.1 Å². The topological polar surface area (TPSA) is 58.6 Å². The molecule has 0 saturated carbocycles. The van der Waals surface area contributed by atoms with Crippen molar-refractivity contribution in [3.05, 3.63) is 58.6 Å². The van der Waals surface area contributed by atoms with Crippen LogP contribution in [0.4, 0.5) is 14.5 Å². The van der Waals surface area contributed by atoms with Crippen LogP contribution in [-0.4, -0.2) is 36.4 Å². The first-order valence-electron chi connectivity index (χ1n) is 8.89. The van der Waals surface area contributed by atoms with E-state index in [0.29, 0.717) is 23.7 Å². The van der Waals surface area contributed by atoms with E-state index >= 15 is 0 Å². The van der Waals surface area contributed by atoms with Gasteiger partial charge in [0.1, 0.15) is 5.75 Å². The number of anilines is 1. The van der Waals surface area contributed by atoms with Crippen LogP contribution < -0.4 is 10.1 Å². The predicted molar refractivity (Wildman–Crippen MR) is 102 cm³/mol. The molecule has 0 bridgehead atoms. The van der Waals surface area contributed by atoms with E-state index in [1.165, 1.54) is 30.3 Å². The molecule has 2 aromatic rings. The van der Waals surface area contributed by atoms with Gasteiger partial charge >= 0.3 is 6.61 Å². The highest BCUT2D eigenvalue weighted by molar-refractivity contribution is 6.31. The number of piperidine rings is 1. The molecule has 28 heavy (non-hydrogen) atoms. The summed E-state index contributed by atoms with van der Waals surface area (Å²) in [5, 5.41) is 3.02. The molecule has 0 radical (unpaired) electrons. The maximum Gasteiger partial charge on any atom is 0.387 e. The van der Waals surface area contributed by atoms with Gasteiger partial charge in [0.25, 0.3) is 11.8 Å². The van der Waals surface area contributed by atoms with Gasteiger partial charge in [-0.25, -0.2) is 0 Å². The number of carbonyl (C=O) groups excluding carboxylic acids is 2. The third kappa shape index (κ3) is 4.98. The summed E-state index contributed by atoms with van der Waals surface area (Å²) in [4.78, 5) is 27.2. The summed E-state index contributed by atoms with van der Waals surface area (Å²) in [7, 11) is 0. The summed E-state index contributed by atoms with van der Waals surface area (Å²) in [6, 6.07) is 10.1. The first-order valence-corrected chi connectivity index (χ1v) is 9.27. The summed E-state index contributed by atoms with van der Waals surface area (Å²) < 4.78 is 29.1. The molecule has 1 saturated heterocycles. The summed E-state index contributed by atoms with van der Waals surface area (Å²) >= 11 is 6.04. The lowest BCUT2D eigenvalue weighted by molar-refractivity contribution is -0.0498. The maximum atomic E-state index is 12.9. The molecule has 0 aliphatic carbocycles. The highest BCUT2D eigenvalue weighted by atomic mass is 35.5. The fourth-order valence-electron chi connectivity index (χ4n) is 3.08. The average Bonchev–Trinajstić information content (AvgIpc) is 2.68. The SMILES string of the molecule is O=C(Nc1cc(Cl)ccc1C(=O)N1CCCCC1)c1cccc(OC(F)F)c1. The number of likely N-dealkylation sites (tertiary alicyclic amines) is 1. The molecular weight excluding hydrogens is 390 g/mol. The quantitative estimate of drug-likeness (QED) is 0.771. The molecule has 1 N–H and O–H groups in total. The van der Waals surface area contributed by atoms with Gasteiger partial charge in [-0.1, -0.05) is 17.7 Å². The van der Waals surface area contributed by atoms with E-state index in [4.69, 9.17) is 11.6 Å². The van der Waals surface area contributed by atoms with Crippen LogP contribution in [0.3, 0.4) is 0 Å². The van der Waals surface area contributed by atoms with Gasteiger partial charge in [0.2, 0.25) is 0 Å². The van der Waals surface area contributed by atoms with Crippen LogP contribution in [0, 0.1) is 0 Å². The first-order chi connectivity index (χ1) is 13.4. The summed E-state index contributed by atoms with van der Waals surface area (Å²) in [6.07, 6.45) is 2.97. The van der Waals surface area contributed by atoms with Crippen molar-refractivity contribution in [2.24, 2.45) is 0 Å². The smallest absolute Gasteiger partial charge is 0.387 e. The number of nitrogens with zero attached hydrogens (tertiary/aromatic N) is 1. The lowest BCUT2D eigenvalue weighted by Crippen LogP contribution is -2.36. The van der Waals surface area contributed by atoms with Crippen LogP contribution in [0.5, 0.6) is 5.75 Å². The van der Waals surface area contributed by atoms with Crippen molar-refractivity contribution in [3.8, 4) is 5.75 Å². The van der Waals surface area contributed by atoms with Gasteiger partial charge in [-0.3, -0.25) is 9.59 Å². The third-order valence-corrected chi connectivity index (χ3v) is 4.66. The highest BCUT2D eigenvalue weighted by Crippen LogP contribution is 2.25. The van der Waals surface area contributed by atoms with Gasteiger partial charge in [0.05, 0.1) is 11.3 Å². The van der Waals surface area contributed by atoms with Gasteiger partial charge < -0.3 is 15.0 Å². The Morgan fingerprint density at radius 1 is 1.07 bits per heavy atom. The lowest BCUT2D eigenvalue weighted by Gasteiger charge is -2.27. The normalized spacial score (nSPS) is 14.1. The molecule has 8 heteroatoms. The zero-order valence-electron chi connectivity index (χ0n) is 15.0. The Morgan fingerprint density at radius 3 is 2.54 bits per heavy atom. The molecule has 1 aliphatic heterocycles. The van der Waals surface area contributed by atoms with Crippen LogP contribution in [0.2, 0.25) is 5.02 Å². The van der Waals surface area contributed by atoms with Gasteiger partial charge in [-0.05, 0) is 55.7 Å². The molecule has 1 heterocycles. The van der Waals surface area contributed by atoms with Gasteiger partial charge in [-0.2, -0.15) is 8.78 Å². The van der Waals surface area contributed by atoms with Crippen molar-refractivity contribution in [2.75, 3.05) is 18.4 Å². The zero-order valence-corrected chi connectivity index (χ0v) is 15.7. The largest absolute Gasteiger partial charge is 0.435 e. The van der Waals surface area contributed by atoms with Crippen LogP contribution in [0.1, 0.15) is 40.0 Å². The number of hydrogen-bond donors (Lipinski definition) is 1. The number of ether oxygens (including phenoxy) is 1. The van der Waals surface area contributed by atoms with Crippen molar-refractivity contribution in [1.29, 1.82) is 0 Å². The lowest BCUT2D eigenvalue weighted by atomic mass is 10.1. The van der Waals surface area contributed by atoms with Gasteiger partial charge in [-0.15, -0.1) is 0 Å². The van der Waals surface area contributed by atoms with Crippen molar-refractivity contribution < 1.29 is 23.1 Å². The van der Waals surface area contributed by atoms with E-state index in [1.807, 2.05) is 0 Å². The molecule has 3 rings (SSSR count). The molecule has 2 aromatic carbocycles. The van der Waals surface area contributed by atoms with E-state index in [1.54, 1.807) is 17.0 Å². The fraction of sp³-hybridized carbons (Fsp3) is 0.300. The minimum absolute atomic E-state index is 0.120. The minimum atomic E-state index is -2.99. The van der Waals surface area contributed by atoms with Crippen LogP contribution in [0.15, 0.2) is 42.5 Å². The van der Waals surface area contributed by atoms with Gasteiger partial charge in [0, 0.05) is 23.7 Å². The minimum Gasteiger partial charge on any atom is -0.435 e. The number of alkyl halides is 2. The monoisotopic (exact) mass is 408 g/mol. The summed E-state index contributed by atoms with van der Waals surface area (Å²) in [5.41, 5.74) is 0.724. The van der Waals surface area contributed by atoms with Crippen molar-refractivity contribution in [1.82, 2.24) is 4.90 Å². The number of hydrogen-bond acceptors (Lipinski definition) is 3. The van der Waals surface area contributed by atoms with E-state index in [9.17, 15) is 18.4 Å². The van der Waals surface area contributed by atoms with E-state index in [2.05, 4.69) is 10.1 Å². The molecule has 5 nitrogen and oxygen atoms in total. The predicted octanol–water partition coefficient (Wildman–Crippen LogP) is 4.82. The van der Waals surface area contributed by atoms with E-state index in [0.717, 1.165) is 19.3 Å². The standard InChI is InChI=1S/C20H19ClF2N2O3/c21-14-7-8-16(19(27)25-9-2-1-3-10-25)17(12-14)24-18(26)13-5-4-6-15(11-13)28-20(22)23/h4-8,11-12,20H,1-3,9-10H2,(H,24,26). The number of carbonyl (C=O) groups is 2. The average molecular weight is 409 g/mol. The molecule has 148 valence electrons. The van der Waals surface area contributed by atoms with Crippen LogP contribution in [0.25, 0.3) is 0 Å². The Morgan fingerprint density at radius 2 is 1.82 bits per heavy atom. The maximum absolute atomic E-state index is 12.9.